The van der Waals surface area contributed by atoms with Gasteiger partial charge in [-0.15, -0.1) is 0 Å². The Hall–Kier alpha value is -1.81. The molecule has 0 spiro atoms. The molecule has 0 unspecified atom stereocenters. The van der Waals surface area contributed by atoms with Crippen LogP contribution in [-0.4, -0.2) is 16.3 Å². The Labute approximate surface area is 101 Å². The van der Waals surface area contributed by atoms with Crippen molar-refractivity contribution >= 4 is 0 Å². The van der Waals surface area contributed by atoms with E-state index in [0.29, 0.717) is 6.54 Å². The summed E-state index contributed by atoms with van der Waals surface area (Å²) >= 11 is 0. The van der Waals surface area contributed by atoms with E-state index in [1.54, 1.807) is 10.9 Å². The van der Waals surface area contributed by atoms with Crippen molar-refractivity contribution in [2.24, 2.45) is 12.8 Å². The van der Waals surface area contributed by atoms with Crippen molar-refractivity contribution in [3.05, 3.63) is 41.7 Å². The number of aryl methyl sites for hydroxylation is 2. The van der Waals surface area contributed by atoms with Gasteiger partial charge in [-0.3, -0.25) is 4.68 Å². The molecular formula is C13H17N3O. The number of ether oxygens (including phenoxy) is 1. The Kier molecular flexibility index (Phi) is 3.44. The molecule has 4 heteroatoms. The van der Waals surface area contributed by atoms with Gasteiger partial charge in [0.15, 0.2) is 5.75 Å². The van der Waals surface area contributed by atoms with Crippen LogP contribution in [0.15, 0.2) is 30.6 Å². The van der Waals surface area contributed by atoms with Crippen molar-refractivity contribution in [3.63, 3.8) is 0 Å². The highest BCUT2D eigenvalue weighted by Gasteiger charge is 2.03. The number of nitrogens with zero attached hydrogens (tertiary/aromatic N) is 2. The zero-order valence-electron chi connectivity index (χ0n) is 10.2. The predicted octanol–water partition coefficient (Wildman–Crippen LogP) is 2.02. The van der Waals surface area contributed by atoms with Gasteiger partial charge in [-0.25, -0.2) is 0 Å². The third kappa shape index (κ3) is 2.85. The summed E-state index contributed by atoms with van der Waals surface area (Å²) in [5.74, 6) is 1.58. The maximum Gasteiger partial charge on any atom is 0.165 e. The first kappa shape index (κ1) is 11.7. The van der Waals surface area contributed by atoms with Gasteiger partial charge in [-0.05, 0) is 43.1 Å². The van der Waals surface area contributed by atoms with Crippen LogP contribution in [0, 0.1) is 6.92 Å². The van der Waals surface area contributed by atoms with Crippen LogP contribution >= 0.6 is 0 Å². The van der Waals surface area contributed by atoms with Gasteiger partial charge in [0.1, 0.15) is 5.75 Å². The molecule has 0 aliphatic heterocycles. The molecule has 1 aromatic heterocycles. The number of rotatable bonds is 4. The molecule has 0 saturated carbocycles. The van der Waals surface area contributed by atoms with Gasteiger partial charge in [-0.2, -0.15) is 5.10 Å². The van der Waals surface area contributed by atoms with E-state index in [2.05, 4.69) is 18.1 Å². The average Bonchev–Trinajstić information content (AvgIpc) is 2.68. The molecule has 1 heterocycles. The first-order valence-corrected chi connectivity index (χ1v) is 5.65. The number of hydrogen-bond donors (Lipinski definition) is 1. The van der Waals surface area contributed by atoms with E-state index in [9.17, 15) is 0 Å². The standard InChI is InChI=1S/C13H17N3O/c1-10-7-12(4-3-11(10)5-6-14)17-13-8-15-16(2)9-13/h3-4,7-9H,5-6,14H2,1-2H3. The summed E-state index contributed by atoms with van der Waals surface area (Å²) in [5, 5.41) is 4.06. The van der Waals surface area contributed by atoms with Gasteiger partial charge in [0.05, 0.1) is 12.4 Å². The summed E-state index contributed by atoms with van der Waals surface area (Å²) in [6.07, 6.45) is 4.44. The van der Waals surface area contributed by atoms with Crippen LogP contribution in [0.5, 0.6) is 11.5 Å². The molecule has 0 bridgehead atoms. The fourth-order valence-electron chi connectivity index (χ4n) is 1.76. The zero-order chi connectivity index (χ0) is 12.3. The molecular weight excluding hydrogens is 214 g/mol. The lowest BCUT2D eigenvalue weighted by Gasteiger charge is -2.07. The lowest BCUT2D eigenvalue weighted by atomic mass is 10.1. The Morgan fingerprint density at radius 2 is 2.18 bits per heavy atom. The number of benzene rings is 1. The average molecular weight is 231 g/mol. The fourth-order valence-corrected chi connectivity index (χ4v) is 1.76. The number of hydrogen-bond acceptors (Lipinski definition) is 3. The highest BCUT2D eigenvalue weighted by atomic mass is 16.5. The van der Waals surface area contributed by atoms with E-state index in [0.717, 1.165) is 17.9 Å². The zero-order valence-corrected chi connectivity index (χ0v) is 10.2. The minimum Gasteiger partial charge on any atom is -0.454 e. The van der Waals surface area contributed by atoms with Crippen molar-refractivity contribution in [1.29, 1.82) is 0 Å². The minimum absolute atomic E-state index is 0.670. The molecule has 1 aromatic carbocycles. The molecule has 0 radical (unpaired) electrons. The highest BCUT2D eigenvalue weighted by molar-refractivity contribution is 5.37. The summed E-state index contributed by atoms with van der Waals surface area (Å²) < 4.78 is 7.41. The maximum atomic E-state index is 5.70. The second-order valence-electron chi connectivity index (χ2n) is 4.08. The van der Waals surface area contributed by atoms with E-state index in [-0.39, 0.29) is 0 Å². The van der Waals surface area contributed by atoms with Crippen LogP contribution in [0.25, 0.3) is 0 Å². The second-order valence-corrected chi connectivity index (χ2v) is 4.08. The van der Waals surface area contributed by atoms with Crippen molar-refractivity contribution in [3.8, 4) is 11.5 Å². The quantitative estimate of drug-likeness (QED) is 0.875. The number of nitrogens with two attached hydrogens (primary N) is 1. The van der Waals surface area contributed by atoms with Crippen molar-refractivity contribution in [2.75, 3.05) is 6.54 Å². The van der Waals surface area contributed by atoms with E-state index in [4.69, 9.17) is 10.5 Å². The predicted molar refractivity (Wildman–Crippen MR) is 67.2 cm³/mol. The van der Waals surface area contributed by atoms with E-state index < -0.39 is 0 Å². The van der Waals surface area contributed by atoms with Crippen molar-refractivity contribution < 1.29 is 4.74 Å². The van der Waals surface area contributed by atoms with E-state index in [1.807, 2.05) is 25.4 Å². The molecule has 0 fully saturated rings. The lowest BCUT2D eigenvalue weighted by molar-refractivity contribution is 0.481. The molecule has 4 nitrogen and oxygen atoms in total. The van der Waals surface area contributed by atoms with Gasteiger partial charge in [0.2, 0.25) is 0 Å². The SMILES string of the molecule is Cc1cc(Oc2cnn(C)c2)ccc1CCN. The van der Waals surface area contributed by atoms with E-state index in [1.165, 1.54) is 11.1 Å². The highest BCUT2D eigenvalue weighted by Crippen LogP contribution is 2.23. The van der Waals surface area contributed by atoms with E-state index >= 15 is 0 Å². The Bertz CT molecular complexity index is 505. The molecule has 2 aromatic rings. The largest absolute Gasteiger partial charge is 0.454 e. The first-order chi connectivity index (χ1) is 8.19. The number of aromatic nitrogens is 2. The summed E-state index contributed by atoms with van der Waals surface area (Å²) in [5.41, 5.74) is 8.03. The normalized spacial score (nSPS) is 10.5. The van der Waals surface area contributed by atoms with Gasteiger partial charge < -0.3 is 10.5 Å². The molecule has 0 atom stereocenters. The Morgan fingerprint density at radius 3 is 2.76 bits per heavy atom. The van der Waals surface area contributed by atoms with Gasteiger partial charge in [0, 0.05) is 7.05 Å². The van der Waals surface area contributed by atoms with Crippen LogP contribution in [0.2, 0.25) is 0 Å². The summed E-state index contributed by atoms with van der Waals surface area (Å²) in [4.78, 5) is 0. The third-order valence-electron chi connectivity index (χ3n) is 2.64. The summed E-state index contributed by atoms with van der Waals surface area (Å²) in [6, 6.07) is 6.05. The van der Waals surface area contributed by atoms with Crippen LogP contribution in [0.1, 0.15) is 11.1 Å². The monoisotopic (exact) mass is 231 g/mol. The van der Waals surface area contributed by atoms with Gasteiger partial charge >= 0.3 is 0 Å². The smallest absolute Gasteiger partial charge is 0.165 e. The molecule has 2 rings (SSSR count). The molecule has 0 aliphatic rings. The fraction of sp³-hybridized carbons (Fsp3) is 0.308. The second kappa shape index (κ2) is 5.01. The Balaban J connectivity index is 2.14. The topological polar surface area (TPSA) is 53.1 Å². The van der Waals surface area contributed by atoms with Gasteiger partial charge in [-0.1, -0.05) is 6.07 Å². The van der Waals surface area contributed by atoms with Crippen molar-refractivity contribution in [2.45, 2.75) is 13.3 Å². The van der Waals surface area contributed by atoms with Crippen molar-refractivity contribution in [1.82, 2.24) is 9.78 Å². The summed E-state index contributed by atoms with van der Waals surface area (Å²) in [7, 11) is 1.86. The lowest BCUT2D eigenvalue weighted by Crippen LogP contribution is -2.04. The third-order valence-corrected chi connectivity index (χ3v) is 2.64. The van der Waals surface area contributed by atoms with Crippen LogP contribution in [0.4, 0.5) is 0 Å². The van der Waals surface area contributed by atoms with Crippen LogP contribution in [-0.2, 0) is 13.5 Å². The molecule has 0 amide bonds. The Morgan fingerprint density at radius 1 is 1.35 bits per heavy atom. The van der Waals surface area contributed by atoms with Gasteiger partial charge in [0.25, 0.3) is 0 Å². The first-order valence-electron chi connectivity index (χ1n) is 5.65. The van der Waals surface area contributed by atoms with Crippen LogP contribution < -0.4 is 10.5 Å². The molecule has 0 saturated heterocycles. The summed E-state index contributed by atoms with van der Waals surface area (Å²) in [6.45, 7) is 2.74. The molecule has 2 N–H and O–H groups in total. The van der Waals surface area contributed by atoms with Crippen LogP contribution in [0.3, 0.4) is 0 Å². The molecule has 90 valence electrons. The minimum atomic E-state index is 0.670. The molecule has 17 heavy (non-hydrogen) atoms. The molecule has 0 aliphatic carbocycles. The maximum absolute atomic E-state index is 5.70.